The number of aliphatic hydroxyl groups is 1. The second-order valence-corrected chi connectivity index (χ2v) is 5.99. The Morgan fingerprint density at radius 3 is 2.94 bits per heavy atom. The van der Waals surface area contributed by atoms with Crippen LogP contribution in [-0.4, -0.2) is 15.2 Å². The molecule has 1 aromatic heterocycles. The Morgan fingerprint density at radius 1 is 1.39 bits per heavy atom. The van der Waals surface area contributed by atoms with Gasteiger partial charge in [-0.15, -0.1) is 0 Å². The zero-order valence-corrected chi connectivity index (χ0v) is 11.0. The maximum absolute atomic E-state index is 9.81. The second-order valence-electron chi connectivity index (χ2n) is 5.99. The number of nitrogens with zero attached hydrogens (tertiary/aromatic N) is 2. The number of aliphatic hydroxyl groups excluding tert-OH is 1. The van der Waals surface area contributed by atoms with Crippen molar-refractivity contribution in [1.82, 2.24) is 10.1 Å². The Hall–Kier alpha value is -0.900. The van der Waals surface area contributed by atoms with Crippen LogP contribution in [0.15, 0.2) is 4.52 Å². The van der Waals surface area contributed by atoms with Crippen molar-refractivity contribution in [2.45, 2.75) is 58.0 Å². The van der Waals surface area contributed by atoms with Crippen LogP contribution in [0.25, 0.3) is 0 Å². The van der Waals surface area contributed by atoms with Crippen molar-refractivity contribution in [1.29, 1.82) is 0 Å². The number of aromatic nitrogens is 2. The lowest BCUT2D eigenvalue weighted by molar-refractivity contribution is 0.152. The first kappa shape index (κ1) is 12.2. The largest absolute Gasteiger partial charge is 0.385 e. The summed E-state index contributed by atoms with van der Waals surface area (Å²) in [4.78, 5) is 4.35. The van der Waals surface area contributed by atoms with Crippen LogP contribution in [0.4, 0.5) is 0 Å². The topological polar surface area (TPSA) is 59.2 Å². The lowest BCUT2D eigenvalue weighted by Gasteiger charge is -2.19. The zero-order valence-electron chi connectivity index (χ0n) is 11.0. The van der Waals surface area contributed by atoms with Crippen molar-refractivity contribution in [2.24, 2.45) is 17.8 Å². The highest BCUT2D eigenvalue weighted by Gasteiger charge is 2.40. The van der Waals surface area contributed by atoms with E-state index in [2.05, 4.69) is 10.1 Å². The highest BCUT2D eigenvalue weighted by molar-refractivity contribution is 4.97. The number of hydrogen-bond donors (Lipinski definition) is 1. The van der Waals surface area contributed by atoms with Crippen molar-refractivity contribution in [3.8, 4) is 0 Å². The quantitative estimate of drug-likeness (QED) is 0.873. The number of fused-ring (bicyclic) bond motifs is 2. The molecule has 0 aliphatic heterocycles. The van der Waals surface area contributed by atoms with Gasteiger partial charge in [-0.3, -0.25) is 0 Å². The van der Waals surface area contributed by atoms with E-state index >= 15 is 0 Å². The van der Waals surface area contributed by atoms with Crippen LogP contribution in [-0.2, 0) is 6.42 Å². The van der Waals surface area contributed by atoms with E-state index in [-0.39, 0.29) is 0 Å². The summed E-state index contributed by atoms with van der Waals surface area (Å²) in [6.07, 6.45) is 7.52. The molecule has 0 aromatic carbocycles. The molecule has 100 valence electrons. The second kappa shape index (κ2) is 5.00. The van der Waals surface area contributed by atoms with E-state index < -0.39 is 6.10 Å². The van der Waals surface area contributed by atoms with Crippen LogP contribution in [0, 0.1) is 17.8 Å². The van der Waals surface area contributed by atoms with Gasteiger partial charge in [0.2, 0.25) is 5.89 Å². The fourth-order valence-corrected chi connectivity index (χ4v) is 3.74. The summed E-state index contributed by atoms with van der Waals surface area (Å²) in [6, 6.07) is 0. The normalized spacial score (nSPS) is 32.0. The fourth-order valence-electron chi connectivity index (χ4n) is 3.74. The first-order chi connectivity index (χ1) is 8.76. The van der Waals surface area contributed by atoms with Gasteiger partial charge >= 0.3 is 0 Å². The van der Waals surface area contributed by atoms with Gasteiger partial charge in [0.05, 0.1) is 0 Å². The molecule has 0 spiro atoms. The minimum atomic E-state index is -0.562. The van der Waals surface area contributed by atoms with Crippen LogP contribution in [0.2, 0.25) is 0 Å². The predicted octanol–water partition coefficient (Wildman–Crippen LogP) is 2.88. The predicted molar refractivity (Wildman–Crippen MR) is 66.8 cm³/mol. The summed E-state index contributed by atoms with van der Waals surface area (Å²) < 4.78 is 5.28. The molecule has 4 nitrogen and oxygen atoms in total. The molecule has 2 fully saturated rings. The molecule has 0 radical (unpaired) electrons. The molecule has 0 amide bonds. The van der Waals surface area contributed by atoms with Gasteiger partial charge in [0.25, 0.3) is 0 Å². The van der Waals surface area contributed by atoms with Crippen molar-refractivity contribution < 1.29 is 9.63 Å². The Kier molecular flexibility index (Phi) is 3.37. The molecular formula is C14H22N2O2. The van der Waals surface area contributed by atoms with E-state index in [4.69, 9.17) is 4.52 Å². The van der Waals surface area contributed by atoms with E-state index in [1.807, 2.05) is 6.92 Å². The smallest absolute Gasteiger partial charge is 0.227 e. The van der Waals surface area contributed by atoms with Crippen molar-refractivity contribution >= 4 is 0 Å². The molecular weight excluding hydrogens is 228 g/mol. The third-order valence-electron chi connectivity index (χ3n) is 4.67. The minimum Gasteiger partial charge on any atom is -0.385 e. The summed E-state index contributed by atoms with van der Waals surface area (Å²) in [6.45, 7) is 2.04. The summed E-state index contributed by atoms with van der Waals surface area (Å²) in [5.41, 5.74) is 0. The lowest BCUT2D eigenvalue weighted by atomic mass is 9.86. The lowest BCUT2D eigenvalue weighted by Crippen LogP contribution is -2.13. The Bertz CT molecular complexity index is 404. The van der Waals surface area contributed by atoms with E-state index in [1.54, 1.807) is 0 Å². The fraction of sp³-hybridized carbons (Fsp3) is 0.857. The molecule has 1 N–H and O–H groups in total. The number of rotatable bonds is 5. The molecule has 4 unspecified atom stereocenters. The van der Waals surface area contributed by atoms with Crippen LogP contribution >= 0.6 is 0 Å². The SMILES string of the molecule is CCCC(O)c1noc(CC2CC3CCC2C3)n1. The molecule has 1 heterocycles. The number of hydrogen-bond acceptors (Lipinski definition) is 4. The Balaban J connectivity index is 1.60. The van der Waals surface area contributed by atoms with E-state index in [9.17, 15) is 5.11 Å². The van der Waals surface area contributed by atoms with Gasteiger partial charge in [0.15, 0.2) is 5.82 Å². The maximum Gasteiger partial charge on any atom is 0.227 e. The standard InChI is InChI=1S/C14H22N2O2/c1-2-3-12(17)14-15-13(18-16-14)8-11-7-9-4-5-10(11)6-9/h9-12,17H,2-8H2,1H3. The molecule has 2 saturated carbocycles. The molecule has 2 bridgehead atoms. The van der Waals surface area contributed by atoms with Gasteiger partial charge in [-0.25, -0.2) is 0 Å². The minimum absolute atomic E-state index is 0.468. The monoisotopic (exact) mass is 250 g/mol. The maximum atomic E-state index is 9.81. The third-order valence-corrected chi connectivity index (χ3v) is 4.67. The summed E-state index contributed by atoms with van der Waals surface area (Å²) >= 11 is 0. The van der Waals surface area contributed by atoms with Gasteiger partial charge in [0, 0.05) is 6.42 Å². The average Bonchev–Trinajstić information content (AvgIpc) is 3.04. The van der Waals surface area contributed by atoms with Crippen LogP contribution in [0.3, 0.4) is 0 Å². The summed E-state index contributed by atoms with van der Waals surface area (Å²) in [5, 5.41) is 13.7. The molecule has 4 heteroatoms. The Labute approximate surface area is 108 Å². The first-order valence-electron chi connectivity index (χ1n) is 7.26. The molecule has 1 aromatic rings. The van der Waals surface area contributed by atoms with Gasteiger partial charge in [0.1, 0.15) is 6.10 Å². The highest BCUT2D eigenvalue weighted by Crippen LogP contribution is 2.49. The molecule has 2 aliphatic carbocycles. The molecule has 0 saturated heterocycles. The summed E-state index contributed by atoms with van der Waals surface area (Å²) in [5.74, 6) is 3.76. The average molecular weight is 250 g/mol. The van der Waals surface area contributed by atoms with Crippen LogP contribution in [0.1, 0.15) is 63.3 Å². The van der Waals surface area contributed by atoms with Gasteiger partial charge in [-0.1, -0.05) is 24.9 Å². The Morgan fingerprint density at radius 2 is 2.28 bits per heavy atom. The molecule has 3 rings (SSSR count). The van der Waals surface area contributed by atoms with Crippen molar-refractivity contribution in [3.05, 3.63) is 11.7 Å². The summed E-state index contributed by atoms with van der Waals surface area (Å²) in [7, 11) is 0. The highest BCUT2D eigenvalue weighted by atomic mass is 16.5. The van der Waals surface area contributed by atoms with Crippen LogP contribution in [0.5, 0.6) is 0 Å². The zero-order chi connectivity index (χ0) is 12.5. The third kappa shape index (κ3) is 2.30. The van der Waals surface area contributed by atoms with E-state index in [0.29, 0.717) is 12.2 Å². The van der Waals surface area contributed by atoms with E-state index in [1.165, 1.54) is 25.7 Å². The molecule has 18 heavy (non-hydrogen) atoms. The van der Waals surface area contributed by atoms with E-state index in [0.717, 1.165) is 36.5 Å². The van der Waals surface area contributed by atoms with Crippen LogP contribution < -0.4 is 0 Å². The van der Waals surface area contributed by atoms with Gasteiger partial charge < -0.3 is 9.63 Å². The molecule has 2 aliphatic rings. The van der Waals surface area contributed by atoms with Crippen molar-refractivity contribution in [3.63, 3.8) is 0 Å². The van der Waals surface area contributed by atoms with Gasteiger partial charge in [-0.05, 0) is 43.4 Å². The van der Waals surface area contributed by atoms with Gasteiger partial charge in [-0.2, -0.15) is 4.98 Å². The molecule has 4 atom stereocenters. The van der Waals surface area contributed by atoms with Crippen molar-refractivity contribution in [2.75, 3.05) is 0 Å². The first-order valence-corrected chi connectivity index (χ1v) is 7.26.